The number of rotatable bonds is 8. The summed E-state index contributed by atoms with van der Waals surface area (Å²) in [7, 11) is -4.51. The van der Waals surface area contributed by atoms with Gasteiger partial charge in [0, 0.05) is 0 Å². The van der Waals surface area contributed by atoms with Crippen molar-refractivity contribution in [2.45, 2.75) is 10.3 Å². The minimum absolute atomic E-state index is 0.760. The molecule has 41 heavy (non-hydrogen) atoms. The smallest absolute Gasteiger partial charge is 0.238 e. The van der Waals surface area contributed by atoms with Crippen molar-refractivity contribution in [3.63, 3.8) is 0 Å². The third kappa shape index (κ3) is 4.19. The van der Waals surface area contributed by atoms with Crippen LogP contribution in [0, 0.1) is 0 Å². The van der Waals surface area contributed by atoms with Gasteiger partial charge in [0.25, 0.3) is 0 Å². The van der Waals surface area contributed by atoms with Crippen LogP contribution in [0.15, 0.2) is 182 Å². The van der Waals surface area contributed by atoms with Crippen LogP contribution in [0.1, 0.15) is 33.4 Å². The first kappa shape index (κ1) is 26.7. The van der Waals surface area contributed by atoms with Gasteiger partial charge in [-0.3, -0.25) is 4.57 Å². The number of hydrogen-bond acceptors (Lipinski definition) is 1. The predicted octanol–water partition coefficient (Wildman–Crippen LogP) is 9.24. The maximum absolute atomic E-state index is 16.6. The summed E-state index contributed by atoms with van der Waals surface area (Å²) in [5.41, 5.74) is 4.56. The molecule has 0 heterocycles. The Kier molecular flexibility index (Phi) is 7.28. The lowest BCUT2D eigenvalue weighted by Gasteiger charge is -2.49. The van der Waals surface area contributed by atoms with Gasteiger partial charge in [-0.25, -0.2) is 0 Å². The largest absolute Gasteiger partial charge is 0.342 e. The van der Waals surface area contributed by atoms with Crippen molar-refractivity contribution in [1.29, 1.82) is 0 Å². The molecule has 0 fully saturated rings. The van der Waals surface area contributed by atoms with Gasteiger partial charge in [-0.2, -0.15) is 0 Å². The van der Waals surface area contributed by atoms with E-state index in [1.807, 2.05) is 182 Å². The van der Waals surface area contributed by atoms with Gasteiger partial charge in [0.15, 0.2) is 0 Å². The Morgan fingerprint density at radius 3 is 0.610 bits per heavy atom. The summed E-state index contributed by atoms with van der Waals surface area (Å²) >= 11 is 0. The topological polar surface area (TPSA) is 37.3 Å². The first-order valence-corrected chi connectivity index (χ1v) is 15.5. The van der Waals surface area contributed by atoms with Gasteiger partial charge in [0.05, 0.1) is 0 Å². The molecule has 0 saturated carbocycles. The van der Waals surface area contributed by atoms with Gasteiger partial charge in [0.2, 0.25) is 7.37 Å². The lowest BCUT2D eigenvalue weighted by Crippen LogP contribution is -2.41. The molecule has 1 N–H and O–H groups in total. The van der Waals surface area contributed by atoms with Crippen LogP contribution in [0.2, 0.25) is 0 Å². The monoisotopic (exact) mass is 550 g/mol. The molecule has 0 aliphatic rings. The van der Waals surface area contributed by atoms with E-state index in [9.17, 15) is 4.89 Å². The van der Waals surface area contributed by atoms with Crippen LogP contribution in [-0.2, 0) is 14.9 Å². The molecule has 3 heteroatoms. The van der Waals surface area contributed by atoms with E-state index in [2.05, 4.69) is 0 Å². The fourth-order valence-corrected chi connectivity index (χ4v) is 9.88. The Morgan fingerprint density at radius 1 is 0.317 bits per heavy atom. The van der Waals surface area contributed by atoms with Crippen molar-refractivity contribution in [3.8, 4) is 0 Å². The van der Waals surface area contributed by atoms with Crippen molar-refractivity contribution in [1.82, 2.24) is 0 Å². The molecule has 0 spiro atoms. The Bertz CT molecular complexity index is 1410. The van der Waals surface area contributed by atoms with Crippen LogP contribution in [0.4, 0.5) is 0 Å². The zero-order valence-electron chi connectivity index (χ0n) is 22.6. The van der Waals surface area contributed by atoms with Crippen LogP contribution < -0.4 is 0 Å². The predicted molar refractivity (Wildman–Crippen MR) is 168 cm³/mol. The molecular weight excluding hydrogens is 519 g/mol. The molecule has 0 amide bonds. The summed E-state index contributed by atoms with van der Waals surface area (Å²) in [6.07, 6.45) is 0. The molecular formula is C38H31O2P. The third-order valence-electron chi connectivity index (χ3n) is 8.06. The van der Waals surface area contributed by atoms with Crippen molar-refractivity contribution >= 4 is 7.37 Å². The molecule has 6 aromatic rings. The Balaban J connectivity index is 1.87. The Morgan fingerprint density at radius 2 is 0.463 bits per heavy atom. The van der Waals surface area contributed by atoms with E-state index in [0.717, 1.165) is 33.4 Å². The summed E-state index contributed by atoms with van der Waals surface area (Å²) in [5, 5.41) is -2.84. The highest BCUT2D eigenvalue weighted by Gasteiger charge is 2.64. The Labute approximate surface area is 242 Å². The standard InChI is InChI=1S/C38H31O2P/c39-41(40,37(31-19-7-1-8-20-31,32-21-9-2-10-22-32)33-23-11-3-12-24-33)38(34-25-13-4-14-26-34,35-27-15-5-16-28-35)36-29-17-6-18-30-36/h1-30H,(H,39,40). The first-order chi connectivity index (χ1) is 20.1. The minimum Gasteiger partial charge on any atom is -0.342 e. The molecule has 0 unspecified atom stereocenters. The molecule has 200 valence electrons. The summed E-state index contributed by atoms with van der Waals surface area (Å²) in [5.74, 6) is 0. The normalized spacial score (nSPS) is 12.1. The van der Waals surface area contributed by atoms with Crippen LogP contribution in [0.25, 0.3) is 0 Å². The fourth-order valence-electron chi connectivity index (χ4n) is 6.38. The summed E-state index contributed by atoms with van der Waals surface area (Å²) in [6, 6.07) is 58.9. The molecule has 0 bridgehead atoms. The molecule has 0 radical (unpaired) electrons. The average molecular weight is 551 g/mol. The molecule has 6 rings (SSSR count). The van der Waals surface area contributed by atoms with Crippen molar-refractivity contribution < 1.29 is 9.46 Å². The van der Waals surface area contributed by atoms with Gasteiger partial charge in [-0.15, -0.1) is 0 Å². The molecule has 0 atom stereocenters. The number of benzene rings is 6. The van der Waals surface area contributed by atoms with Crippen LogP contribution >= 0.6 is 7.37 Å². The van der Waals surface area contributed by atoms with Gasteiger partial charge in [-0.05, 0) is 33.4 Å². The van der Waals surface area contributed by atoms with E-state index in [1.165, 1.54) is 0 Å². The van der Waals surface area contributed by atoms with E-state index < -0.39 is 17.7 Å². The van der Waals surface area contributed by atoms with E-state index in [-0.39, 0.29) is 0 Å². The Hall–Kier alpha value is -4.49. The van der Waals surface area contributed by atoms with Gasteiger partial charge in [-0.1, -0.05) is 182 Å². The molecule has 2 nitrogen and oxygen atoms in total. The summed E-state index contributed by atoms with van der Waals surface area (Å²) in [6.45, 7) is 0. The fraction of sp³-hybridized carbons (Fsp3) is 0.0526. The van der Waals surface area contributed by atoms with Crippen molar-refractivity contribution in [2.24, 2.45) is 0 Å². The summed E-state index contributed by atoms with van der Waals surface area (Å²) < 4.78 is 16.6. The van der Waals surface area contributed by atoms with Gasteiger partial charge >= 0.3 is 0 Å². The molecule has 0 saturated heterocycles. The van der Waals surface area contributed by atoms with E-state index in [4.69, 9.17) is 0 Å². The van der Waals surface area contributed by atoms with E-state index in [1.54, 1.807) is 0 Å². The lowest BCUT2D eigenvalue weighted by atomic mass is 9.82. The van der Waals surface area contributed by atoms with Gasteiger partial charge in [0.1, 0.15) is 10.3 Å². The maximum Gasteiger partial charge on any atom is 0.238 e. The molecule has 6 aromatic carbocycles. The SMILES string of the molecule is O=P(O)(C(c1ccccc1)(c1ccccc1)c1ccccc1)C(c1ccccc1)(c1ccccc1)c1ccccc1. The zero-order chi connectivity index (χ0) is 28.2. The van der Waals surface area contributed by atoms with E-state index >= 15 is 4.57 Å². The van der Waals surface area contributed by atoms with Crippen LogP contribution in [0.3, 0.4) is 0 Å². The van der Waals surface area contributed by atoms with Crippen LogP contribution in [0.5, 0.6) is 0 Å². The second-order valence-electron chi connectivity index (χ2n) is 10.2. The van der Waals surface area contributed by atoms with Crippen LogP contribution in [-0.4, -0.2) is 4.89 Å². The summed E-state index contributed by atoms with van der Waals surface area (Å²) in [4.78, 5) is 13.6. The maximum atomic E-state index is 16.6. The number of hydrogen-bond donors (Lipinski definition) is 1. The second-order valence-corrected chi connectivity index (χ2v) is 12.7. The van der Waals surface area contributed by atoms with Crippen molar-refractivity contribution in [3.05, 3.63) is 215 Å². The molecule has 0 aliphatic heterocycles. The highest BCUT2D eigenvalue weighted by atomic mass is 31.2. The molecule has 0 aliphatic carbocycles. The molecule has 0 aromatic heterocycles. The highest BCUT2D eigenvalue weighted by Crippen LogP contribution is 2.79. The van der Waals surface area contributed by atoms with Gasteiger partial charge < -0.3 is 4.89 Å². The minimum atomic E-state index is -4.51. The third-order valence-corrected chi connectivity index (χ3v) is 11.4. The quantitative estimate of drug-likeness (QED) is 0.151. The highest BCUT2D eigenvalue weighted by molar-refractivity contribution is 7.61. The first-order valence-electron chi connectivity index (χ1n) is 13.8. The average Bonchev–Trinajstić information content (AvgIpc) is 3.05. The lowest BCUT2D eigenvalue weighted by molar-refractivity contribution is 0.430. The van der Waals surface area contributed by atoms with E-state index in [0.29, 0.717) is 0 Å². The zero-order valence-corrected chi connectivity index (χ0v) is 23.5. The van der Waals surface area contributed by atoms with Crippen molar-refractivity contribution in [2.75, 3.05) is 0 Å². The second kappa shape index (κ2) is 11.2.